The molecule has 0 unspecified atom stereocenters. The van der Waals surface area contributed by atoms with Crippen LogP contribution < -0.4 is 4.72 Å². The van der Waals surface area contributed by atoms with E-state index in [1.54, 1.807) is 19.9 Å². The quantitative estimate of drug-likeness (QED) is 0.719. The number of halogens is 1. The Kier molecular flexibility index (Phi) is 4.42. The van der Waals surface area contributed by atoms with Gasteiger partial charge in [0.15, 0.2) is 5.76 Å². The van der Waals surface area contributed by atoms with Crippen molar-refractivity contribution < 1.29 is 17.3 Å². The average molecular weight is 380 g/mol. The van der Waals surface area contributed by atoms with Crippen LogP contribution >= 0.6 is 11.3 Å². The zero-order chi connectivity index (χ0) is 18.4. The molecule has 0 aliphatic rings. The molecule has 0 spiro atoms. The number of nitrogens with one attached hydrogen (secondary N) is 1. The van der Waals surface area contributed by atoms with Crippen LogP contribution in [0.5, 0.6) is 0 Å². The van der Waals surface area contributed by atoms with E-state index in [1.807, 2.05) is 13.8 Å². The Hall–Kier alpha value is -2.19. The van der Waals surface area contributed by atoms with E-state index < -0.39 is 15.8 Å². The first-order valence-corrected chi connectivity index (χ1v) is 9.81. The molecule has 3 aromatic rings. The van der Waals surface area contributed by atoms with Crippen LogP contribution in [0.3, 0.4) is 0 Å². The first-order valence-electron chi connectivity index (χ1n) is 7.51. The molecule has 0 aliphatic heterocycles. The van der Waals surface area contributed by atoms with Gasteiger partial charge in [-0.15, -0.1) is 11.3 Å². The molecule has 25 heavy (non-hydrogen) atoms. The lowest BCUT2D eigenvalue weighted by Crippen LogP contribution is -2.14. The van der Waals surface area contributed by atoms with Crippen LogP contribution in [-0.4, -0.2) is 13.6 Å². The molecule has 0 aliphatic carbocycles. The normalized spacial score (nSPS) is 11.7. The highest BCUT2D eigenvalue weighted by atomic mass is 32.2. The van der Waals surface area contributed by atoms with Crippen molar-refractivity contribution in [1.82, 2.24) is 5.16 Å². The smallest absolute Gasteiger partial charge is 0.263 e. The number of nitrogens with zero attached hydrogens (tertiary/aromatic N) is 1. The van der Waals surface area contributed by atoms with E-state index in [0.29, 0.717) is 26.8 Å². The molecule has 5 nitrogen and oxygen atoms in total. The molecule has 0 radical (unpaired) electrons. The van der Waals surface area contributed by atoms with Crippen molar-refractivity contribution in [2.24, 2.45) is 0 Å². The summed E-state index contributed by atoms with van der Waals surface area (Å²) in [6, 6.07) is 5.49. The maximum absolute atomic E-state index is 13.2. The van der Waals surface area contributed by atoms with Gasteiger partial charge in [-0.2, -0.15) is 0 Å². The number of thiophene rings is 1. The van der Waals surface area contributed by atoms with Crippen molar-refractivity contribution in [3.63, 3.8) is 0 Å². The topological polar surface area (TPSA) is 72.2 Å². The summed E-state index contributed by atoms with van der Waals surface area (Å²) in [5.41, 5.74) is 2.51. The largest absolute Gasteiger partial charge is 0.355 e. The maximum atomic E-state index is 13.2. The molecule has 1 aromatic carbocycles. The molecule has 0 amide bonds. The second-order valence-electron chi connectivity index (χ2n) is 5.82. The summed E-state index contributed by atoms with van der Waals surface area (Å²) in [5.74, 6) is 0.163. The van der Waals surface area contributed by atoms with Crippen molar-refractivity contribution in [2.45, 2.75) is 32.6 Å². The number of aryl methyl sites for hydroxylation is 3. The molecule has 8 heteroatoms. The Balaban J connectivity index is 1.99. The molecule has 132 valence electrons. The average Bonchev–Trinajstić information content (AvgIpc) is 3.06. The van der Waals surface area contributed by atoms with Gasteiger partial charge in [0.1, 0.15) is 10.7 Å². The summed E-state index contributed by atoms with van der Waals surface area (Å²) in [4.78, 5) is 1.51. The fourth-order valence-electron chi connectivity index (χ4n) is 2.43. The summed E-state index contributed by atoms with van der Waals surface area (Å²) >= 11 is 1.33. The Bertz CT molecular complexity index is 1050. The van der Waals surface area contributed by atoms with Crippen molar-refractivity contribution in [1.29, 1.82) is 0 Å². The molecular formula is C17H17FN2O3S2. The van der Waals surface area contributed by atoms with Crippen LogP contribution in [-0.2, 0) is 10.0 Å². The lowest BCUT2D eigenvalue weighted by atomic mass is 10.2. The van der Waals surface area contributed by atoms with Gasteiger partial charge in [-0.3, -0.25) is 4.72 Å². The van der Waals surface area contributed by atoms with Crippen molar-refractivity contribution in [3.8, 4) is 10.6 Å². The third kappa shape index (κ3) is 3.32. The number of rotatable bonds is 4. The van der Waals surface area contributed by atoms with E-state index in [1.165, 1.54) is 29.5 Å². The van der Waals surface area contributed by atoms with E-state index >= 15 is 0 Å². The first kappa shape index (κ1) is 17.6. The summed E-state index contributed by atoms with van der Waals surface area (Å²) in [6.07, 6.45) is 0. The van der Waals surface area contributed by atoms with Crippen LogP contribution in [0.25, 0.3) is 10.6 Å². The fourth-order valence-corrected chi connectivity index (χ4v) is 5.19. The lowest BCUT2D eigenvalue weighted by molar-refractivity contribution is 0.427. The summed E-state index contributed by atoms with van der Waals surface area (Å²) in [5, 5.41) is 3.91. The first-order chi connectivity index (χ1) is 11.7. The van der Waals surface area contributed by atoms with Gasteiger partial charge in [0.2, 0.25) is 0 Å². The van der Waals surface area contributed by atoms with Crippen LogP contribution in [0, 0.1) is 33.5 Å². The number of anilines is 1. The molecule has 0 atom stereocenters. The van der Waals surface area contributed by atoms with Gasteiger partial charge >= 0.3 is 0 Å². The highest BCUT2D eigenvalue weighted by Crippen LogP contribution is 2.36. The Morgan fingerprint density at radius 2 is 1.88 bits per heavy atom. The standard InChI is InChI=1S/C17H17FN2O3S2/c1-9-7-13(18)5-6-14(9)20-25(21,22)16-8-15(24-12(16)4)17-10(2)11(3)19-23-17/h5-8,20H,1-4H3. The van der Waals surface area contributed by atoms with Crippen LogP contribution in [0.4, 0.5) is 10.1 Å². The third-order valence-electron chi connectivity index (χ3n) is 3.98. The summed E-state index contributed by atoms with van der Waals surface area (Å²) in [7, 11) is -3.80. The van der Waals surface area contributed by atoms with Gasteiger partial charge in [-0.1, -0.05) is 5.16 Å². The van der Waals surface area contributed by atoms with Crippen LogP contribution in [0.1, 0.15) is 21.7 Å². The van der Waals surface area contributed by atoms with Gasteiger partial charge in [0.25, 0.3) is 10.0 Å². The second kappa shape index (κ2) is 6.27. The van der Waals surface area contributed by atoms with Gasteiger partial charge in [-0.05, 0) is 57.5 Å². The highest BCUT2D eigenvalue weighted by Gasteiger charge is 2.23. The number of hydrogen-bond acceptors (Lipinski definition) is 5. The van der Waals surface area contributed by atoms with Crippen molar-refractivity contribution in [3.05, 3.63) is 51.8 Å². The van der Waals surface area contributed by atoms with Crippen molar-refractivity contribution >= 4 is 27.0 Å². The monoisotopic (exact) mass is 380 g/mol. The number of sulfonamides is 1. The number of benzene rings is 1. The van der Waals surface area contributed by atoms with E-state index in [2.05, 4.69) is 9.88 Å². The zero-order valence-electron chi connectivity index (χ0n) is 14.2. The molecule has 0 bridgehead atoms. The molecule has 2 aromatic heterocycles. The minimum Gasteiger partial charge on any atom is -0.355 e. The molecule has 0 saturated carbocycles. The van der Waals surface area contributed by atoms with Crippen LogP contribution in [0.2, 0.25) is 0 Å². The van der Waals surface area contributed by atoms with Crippen LogP contribution in [0.15, 0.2) is 33.7 Å². The molecule has 1 N–H and O–H groups in total. The SMILES string of the molecule is Cc1cc(F)ccc1NS(=O)(=O)c1cc(-c2onc(C)c2C)sc1C. The Labute approximate surface area is 149 Å². The minimum atomic E-state index is -3.80. The summed E-state index contributed by atoms with van der Waals surface area (Å²) < 4.78 is 46.5. The third-order valence-corrected chi connectivity index (χ3v) is 6.65. The maximum Gasteiger partial charge on any atom is 0.263 e. The summed E-state index contributed by atoms with van der Waals surface area (Å²) in [6.45, 7) is 7.09. The Morgan fingerprint density at radius 1 is 1.16 bits per heavy atom. The number of hydrogen-bond donors (Lipinski definition) is 1. The van der Waals surface area contributed by atoms with Gasteiger partial charge < -0.3 is 4.52 Å². The second-order valence-corrected chi connectivity index (χ2v) is 8.73. The molecular weight excluding hydrogens is 363 g/mol. The Morgan fingerprint density at radius 3 is 2.48 bits per heavy atom. The fraction of sp³-hybridized carbons (Fsp3) is 0.235. The van der Waals surface area contributed by atoms with Gasteiger partial charge in [-0.25, -0.2) is 12.8 Å². The molecule has 3 rings (SSSR count). The zero-order valence-corrected chi connectivity index (χ0v) is 15.8. The predicted octanol–water partition coefficient (Wildman–Crippen LogP) is 4.58. The molecule has 0 fully saturated rings. The van der Waals surface area contributed by atoms with Gasteiger partial charge in [0.05, 0.1) is 16.3 Å². The van der Waals surface area contributed by atoms with E-state index in [-0.39, 0.29) is 4.90 Å². The molecule has 2 heterocycles. The van der Waals surface area contributed by atoms with E-state index in [0.717, 1.165) is 11.3 Å². The number of aromatic nitrogens is 1. The predicted molar refractivity (Wildman–Crippen MR) is 96.0 cm³/mol. The highest BCUT2D eigenvalue weighted by molar-refractivity contribution is 7.93. The van der Waals surface area contributed by atoms with E-state index in [4.69, 9.17) is 4.52 Å². The van der Waals surface area contributed by atoms with Crippen molar-refractivity contribution in [2.75, 3.05) is 4.72 Å². The lowest BCUT2D eigenvalue weighted by Gasteiger charge is -2.10. The van der Waals surface area contributed by atoms with E-state index in [9.17, 15) is 12.8 Å². The van der Waals surface area contributed by atoms with Gasteiger partial charge in [0, 0.05) is 10.4 Å². The molecule has 0 saturated heterocycles. The minimum absolute atomic E-state index is 0.171.